The van der Waals surface area contributed by atoms with Crippen molar-refractivity contribution in [3.05, 3.63) is 42.0 Å². The van der Waals surface area contributed by atoms with Crippen LogP contribution in [0.5, 0.6) is 0 Å². The number of carbonyl (C=O) groups excluding carboxylic acids is 1. The largest absolute Gasteiger partial charge is 0.380 e. The number of amides is 1. The maximum Gasteiger partial charge on any atom is 0.244 e. The number of rotatable bonds is 5. The van der Waals surface area contributed by atoms with Crippen LogP contribution in [-0.2, 0) is 9.53 Å². The van der Waals surface area contributed by atoms with Crippen molar-refractivity contribution in [1.29, 1.82) is 0 Å². The number of nitrogens with one attached hydrogen (secondary N) is 1. The molecule has 0 unspecified atom stereocenters. The van der Waals surface area contributed by atoms with E-state index < -0.39 is 0 Å². The first-order valence-electron chi connectivity index (χ1n) is 8.64. The Hall–Kier alpha value is -1.65. The molecule has 1 aromatic rings. The fourth-order valence-electron chi connectivity index (χ4n) is 3.37. The predicted octanol–water partition coefficient (Wildman–Crippen LogP) is 2.32. The zero-order valence-corrected chi connectivity index (χ0v) is 13.6. The minimum Gasteiger partial charge on any atom is -0.380 e. The Balaban J connectivity index is 1.36. The Morgan fingerprint density at radius 3 is 2.70 bits per heavy atom. The summed E-state index contributed by atoms with van der Waals surface area (Å²) in [5.41, 5.74) is 1.05. The molecule has 0 radical (unpaired) electrons. The molecule has 1 amide bonds. The first kappa shape index (κ1) is 16.2. The van der Waals surface area contributed by atoms with E-state index in [-0.39, 0.29) is 5.91 Å². The monoisotopic (exact) mass is 314 g/mol. The first-order chi connectivity index (χ1) is 11.3. The van der Waals surface area contributed by atoms with Crippen molar-refractivity contribution in [2.24, 2.45) is 5.92 Å². The number of ether oxygens (including phenoxy) is 1. The minimum absolute atomic E-state index is 0.000440. The predicted molar refractivity (Wildman–Crippen MR) is 92.0 cm³/mol. The molecule has 2 heterocycles. The van der Waals surface area contributed by atoms with Gasteiger partial charge in [0.1, 0.15) is 0 Å². The van der Waals surface area contributed by atoms with E-state index in [2.05, 4.69) is 10.2 Å². The summed E-state index contributed by atoms with van der Waals surface area (Å²) in [6, 6.07) is 10.5. The van der Waals surface area contributed by atoms with E-state index in [1.54, 1.807) is 6.08 Å². The average molecular weight is 314 g/mol. The SMILES string of the molecule is O=C(/C=C/c1ccccc1)NCC1CCN([C@H]2CCOC2)CC1. The lowest BCUT2D eigenvalue weighted by atomic mass is 9.95. The minimum atomic E-state index is 0.000440. The highest BCUT2D eigenvalue weighted by molar-refractivity contribution is 5.91. The van der Waals surface area contributed by atoms with Crippen molar-refractivity contribution >= 4 is 12.0 Å². The normalized spacial score (nSPS) is 23.4. The zero-order valence-electron chi connectivity index (χ0n) is 13.6. The standard InChI is InChI=1S/C19H26N2O2/c22-19(7-6-16-4-2-1-3-5-16)20-14-17-8-11-21(12-9-17)18-10-13-23-15-18/h1-7,17-18H,8-15H2,(H,20,22)/b7-6+/t18-/m0/s1. The van der Waals surface area contributed by atoms with Gasteiger partial charge in [0.15, 0.2) is 0 Å². The molecular weight excluding hydrogens is 288 g/mol. The van der Waals surface area contributed by atoms with Gasteiger partial charge in [0, 0.05) is 25.3 Å². The topological polar surface area (TPSA) is 41.6 Å². The van der Waals surface area contributed by atoms with Crippen LogP contribution in [0, 0.1) is 5.92 Å². The van der Waals surface area contributed by atoms with Gasteiger partial charge >= 0.3 is 0 Å². The van der Waals surface area contributed by atoms with Gasteiger partial charge in [0.2, 0.25) is 5.91 Å². The molecule has 4 heteroatoms. The molecule has 1 N–H and O–H groups in total. The van der Waals surface area contributed by atoms with Crippen LogP contribution < -0.4 is 5.32 Å². The Kier molecular flexibility index (Phi) is 5.83. The number of piperidine rings is 1. The van der Waals surface area contributed by atoms with Gasteiger partial charge in [-0.3, -0.25) is 9.69 Å². The number of hydrogen-bond donors (Lipinski definition) is 1. The van der Waals surface area contributed by atoms with Gasteiger partial charge in [0.05, 0.1) is 6.61 Å². The van der Waals surface area contributed by atoms with Crippen LogP contribution in [0.15, 0.2) is 36.4 Å². The highest BCUT2D eigenvalue weighted by Crippen LogP contribution is 2.21. The summed E-state index contributed by atoms with van der Waals surface area (Å²) in [5.74, 6) is 0.600. The number of hydrogen-bond acceptors (Lipinski definition) is 3. The lowest BCUT2D eigenvalue weighted by Crippen LogP contribution is -2.43. The van der Waals surface area contributed by atoms with Gasteiger partial charge in [0.25, 0.3) is 0 Å². The third kappa shape index (κ3) is 4.91. The molecule has 0 aromatic heterocycles. The van der Waals surface area contributed by atoms with E-state index >= 15 is 0 Å². The highest BCUT2D eigenvalue weighted by atomic mass is 16.5. The Morgan fingerprint density at radius 2 is 2.00 bits per heavy atom. The van der Waals surface area contributed by atoms with E-state index in [0.29, 0.717) is 12.0 Å². The highest BCUT2D eigenvalue weighted by Gasteiger charge is 2.27. The van der Waals surface area contributed by atoms with Crippen molar-refractivity contribution in [3.63, 3.8) is 0 Å². The van der Waals surface area contributed by atoms with Crippen LogP contribution in [0.3, 0.4) is 0 Å². The molecule has 124 valence electrons. The summed E-state index contributed by atoms with van der Waals surface area (Å²) in [7, 11) is 0. The number of nitrogens with zero attached hydrogens (tertiary/aromatic N) is 1. The second-order valence-corrected chi connectivity index (χ2v) is 6.49. The fourth-order valence-corrected chi connectivity index (χ4v) is 3.37. The Morgan fingerprint density at radius 1 is 1.22 bits per heavy atom. The number of likely N-dealkylation sites (tertiary alicyclic amines) is 1. The Bertz CT molecular complexity index is 515. The van der Waals surface area contributed by atoms with Gasteiger partial charge in [-0.2, -0.15) is 0 Å². The average Bonchev–Trinajstić information content (AvgIpc) is 3.14. The maximum absolute atomic E-state index is 11.9. The summed E-state index contributed by atoms with van der Waals surface area (Å²) in [6.07, 6.45) is 6.99. The van der Waals surface area contributed by atoms with Gasteiger partial charge in [-0.25, -0.2) is 0 Å². The van der Waals surface area contributed by atoms with Crippen LogP contribution in [0.1, 0.15) is 24.8 Å². The third-order valence-electron chi connectivity index (χ3n) is 4.86. The van der Waals surface area contributed by atoms with Crippen molar-refractivity contribution in [2.75, 3.05) is 32.8 Å². The van der Waals surface area contributed by atoms with Gasteiger partial charge in [-0.1, -0.05) is 30.3 Å². The summed E-state index contributed by atoms with van der Waals surface area (Å²) in [6.45, 7) is 4.86. The van der Waals surface area contributed by atoms with Crippen LogP contribution in [0.4, 0.5) is 0 Å². The van der Waals surface area contributed by atoms with Crippen LogP contribution in [0.2, 0.25) is 0 Å². The number of carbonyl (C=O) groups is 1. The maximum atomic E-state index is 11.9. The molecule has 1 atom stereocenters. The summed E-state index contributed by atoms with van der Waals surface area (Å²) in [5, 5.41) is 3.04. The summed E-state index contributed by atoms with van der Waals surface area (Å²) in [4.78, 5) is 14.5. The molecule has 0 bridgehead atoms. The van der Waals surface area contributed by atoms with Gasteiger partial charge in [-0.05, 0) is 49.9 Å². The van der Waals surface area contributed by atoms with E-state index in [0.717, 1.165) is 38.4 Å². The summed E-state index contributed by atoms with van der Waals surface area (Å²) < 4.78 is 5.47. The quantitative estimate of drug-likeness (QED) is 0.848. The van der Waals surface area contributed by atoms with Crippen LogP contribution >= 0.6 is 0 Å². The zero-order chi connectivity index (χ0) is 15.9. The molecule has 2 saturated heterocycles. The van der Waals surface area contributed by atoms with Crippen molar-refractivity contribution in [1.82, 2.24) is 10.2 Å². The second kappa shape index (κ2) is 8.27. The molecule has 23 heavy (non-hydrogen) atoms. The van der Waals surface area contributed by atoms with E-state index in [4.69, 9.17) is 4.74 Å². The number of benzene rings is 1. The smallest absolute Gasteiger partial charge is 0.244 e. The van der Waals surface area contributed by atoms with Crippen molar-refractivity contribution < 1.29 is 9.53 Å². The molecule has 2 fully saturated rings. The summed E-state index contributed by atoms with van der Waals surface area (Å²) >= 11 is 0. The molecule has 0 aliphatic carbocycles. The first-order valence-corrected chi connectivity index (χ1v) is 8.64. The van der Waals surface area contributed by atoms with Gasteiger partial charge in [-0.15, -0.1) is 0 Å². The van der Waals surface area contributed by atoms with E-state index in [1.807, 2.05) is 36.4 Å². The molecule has 1 aromatic carbocycles. The van der Waals surface area contributed by atoms with Gasteiger partial charge < -0.3 is 10.1 Å². The third-order valence-corrected chi connectivity index (χ3v) is 4.86. The molecule has 0 spiro atoms. The van der Waals surface area contributed by atoms with Crippen LogP contribution in [-0.4, -0.2) is 49.7 Å². The molecule has 0 saturated carbocycles. The van der Waals surface area contributed by atoms with Crippen molar-refractivity contribution in [2.45, 2.75) is 25.3 Å². The second-order valence-electron chi connectivity index (χ2n) is 6.49. The molecular formula is C19H26N2O2. The molecule has 3 rings (SSSR count). The molecule has 2 aliphatic rings. The lowest BCUT2D eigenvalue weighted by Gasteiger charge is -2.35. The fraction of sp³-hybridized carbons (Fsp3) is 0.526. The lowest BCUT2D eigenvalue weighted by molar-refractivity contribution is -0.116. The molecule has 2 aliphatic heterocycles. The molecule has 4 nitrogen and oxygen atoms in total. The van der Waals surface area contributed by atoms with E-state index in [9.17, 15) is 4.79 Å². The van der Waals surface area contributed by atoms with Crippen molar-refractivity contribution in [3.8, 4) is 0 Å². The Labute approximate surface area is 138 Å². The van der Waals surface area contributed by atoms with Crippen LogP contribution in [0.25, 0.3) is 6.08 Å². The van der Waals surface area contributed by atoms with E-state index in [1.165, 1.54) is 19.3 Å².